The molecule has 1 heteroatoms. The minimum absolute atomic E-state index is 0.775. The summed E-state index contributed by atoms with van der Waals surface area (Å²) in [6.45, 7) is 1.35. The van der Waals surface area contributed by atoms with Gasteiger partial charge in [-0.05, 0) is 49.9 Å². The van der Waals surface area contributed by atoms with Crippen LogP contribution in [0.5, 0.6) is 0 Å². The van der Waals surface area contributed by atoms with Gasteiger partial charge in [0, 0.05) is 12.6 Å². The molecule has 86 valence electrons. The highest BCUT2D eigenvalue weighted by molar-refractivity contribution is 5.01. The van der Waals surface area contributed by atoms with E-state index < -0.39 is 0 Å². The van der Waals surface area contributed by atoms with E-state index in [1.165, 1.54) is 70.8 Å². The first-order chi connectivity index (χ1) is 7.39. The molecule has 3 aliphatic rings. The second kappa shape index (κ2) is 4.08. The Bertz CT molecular complexity index is 209. The molecule has 0 radical (unpaired) electrons. The molecule has 15 heavy (non-hydrogen) atoms. The van der Waals surface area contributed by atoms with Crippen molar-refractivity contribution in [2.75, 3.05) is 6.54 Å². The van der Waals surface area contributed by atoms with E-state index in [0.717, 1.165) is 17.4 Å². The largest absolute Gasteiger partial charge is 0.313 e. The molecule has 0 saturated heterocycles. The van der Waals surface area contributed by atoms with Crippen LogP contribution in [0, 0.1) is 11.3 Å². The highest BCUT2D eigenvalue weighted by Gasteiger charge is 2.48. The number of hydrogen-bond donors (Lipinski definition) is 1. The number of rotatable bonds is 4. The molecule has 3 saturated carbocycles. The Morgan fingerprint density at radius 2 is 1.60 bits per heavy atom. The highest BCUT2D eigenvalue weighted by atomic mass is 14.9. The van der Waals surface area contributed by atoms with Crippen molar-refractivity contribution in [3.8, 4) is 0 Å². The van der Waals surface area contributed by atoms with Crippen LogP contribution < -0.4 is 5.32 Å². The summed E-state index contributed by atoms with van der Waals surface area (Å²) < 4.78 is 0. The van der Waals surface area contributed by atoms with Crippen LogP contribution in [0.1, 0.15) is 64.2 Å². The molecular formula is C14H25N. The topological polar surface area (TPSA) is 12.0 Å². The quantitative estimate of drug-likeness (QED) is 0.744. The van der Waals surface area contributed by atoms with Crippen molar-refractivity contribution in [1.82, 2.24) is 5.32 Å². The van der Waals surface area contributed by atoms with E-state index in [9.17, 15) is 0 Å². The lowest BCUT2D eigenvalue weighted by atomic mass is 9.65. The van der Waals surface area contributed by atoms with Crippen molar-refractivity contribution in [2.45, 2.75) is 70.3 Å². The Hall–Kier alpha value is -0.0400. The molecule has 0 atom stereocenters. The SMILES string of the molecule is C1CCC(NCC2(C3CC3)CCC2)CC1. The van der Waals surface area contributed by atoms with Gasteiger partial charge in [0.05, 0.1) is 0 Å². The average Bonchev–Trinajstić information content (AvgIpc) is 3.02. The first kappa shape index (κ1) is 10.1. The van der Waals surface area contributed by atoms with Crippen molar-refractivity contribution in [1.29, 1.82) is 0 Å². The summed E-state index contributed by atoms with van der Waals surface area (Å²) in [4.78, 5) is 0. The van der Waals surface area contributed by atoms with Crippen molar-refractivity contribution < 1.29 is 0 Å². The van der Waals surface area contributed by atoms with Crippen molar-refractivity contribution in [3.05, 3.63) is 0 Å². The third-order valence-corrected chi connectivity index (χ3v) is 5.14. The second-order valence-corrected chi connectivity index (χ2v) is 6.21. The maximum absolute atomic E-state index is 3.89. The Kier molecular flexibility index (Phi) is 2.76. The van der Waals surface area contributed by atoms with Gasteiger partial charge < -0.3 is 5.32 Å². The van der Waals surface area contributed by atoms with Gasteiger partial charge in [0.15, 0.2) is 0 Å². The Balaban J connectivity index is 1.47. The zero-order valence-corrected chi connectivity index (χ0v) is 9.93. The molecule has 0 aromatic heterocycles. The predicted octanol–water partition coefficient (Wildman–Crippen LogP) is 3.49. The van der Waals surface area contributed by atoms with Crippen LogP contribution >= 0.6 is 0 Å². The molecule has 3 rings (SSSR count). The molecule has 3 aliphatic carbocycles. The molecule has 3 fully saturated rings. The van der Waals surface area contributed by atoms with Gasteiger partial charge in [-0.1, -0.05) is 25.7 Å². The van der Waals surface area contributed by atoms with E-state index >= 15 is 0 Å². The molecular weight excluding hydrogens is 182 g/mol. The summed E-state index contributed by atoms with van der Waals surface area (Å²) in [5.74, 6) is 1.11. The van der Waals surface area contributed by atoms with E-state index in [0.29, 0.717) is 0 Å². The third-order valence-electron chi connectivity index (χ3n) is 5.14. The average molecular weight is 207 g/mol. The molecule has 1 nitrogen and oxygen atoms in total. The molecule has 0 heterocycles. The van der Waals surface area contributed by atoms with Crippen molar-refractivity contribution in [2.24, 2.45) is 11.3 Å². The molecule has 1 N–H and O–H groups in total. The third kappa shape index (κ3) is 2.08. The first-order valence-electron chi connectivity index (χ1n) is 7.12. The van der Waals surface area contributed by atoms with Crippen LogP contribution in [0.15, 0.2) is 0 Å². The fraction of sp³-hybridized carbons (Fsp3) is 1.00. The molecule has 0 bridgehead atoms. The van der Waals surface area contributed by atoms with Crippen molar-refractivity contribution >= 4 is 0 Å². The molecule has 0 unspecified atom stereocenters. The van der Waals surface area contributed by atoms with Crippen LogP contribution in [0.2, 0.25) is 0 Å². The van der Waals surface area contributed by atoms with Crippen molar-refractivity contribution in [3.63, 3.8) is 0 Å². The highest BCUT2D eigenvalue weighted by Crippen LogP contribution is 2.56. The number of hydrogen-bond acceptors (Lipinski definition) is 1. The minimum atomic E-state index is 0.775. The lowest BCUT2D eigenvalue weighted by Crippen LogP contribution is -2.45. The number of nitrogens with one attached hydrogen (secondary N) is 1. The van der Waals surface area contributed by atoms with Gasteiger partial charge in [-0.3, -0.25) is 0 Å². The molecule has 0 spiro atoms. The van der Waals surface area contributed by atoms with Gasteiger partial charge in [-0.25, -0.2) is 0 Å². The normalized spacial score (nSPS) is 31.2. The van der Waals surface area contributed by atoms with Gasteiger partial charge in [-0.15, -0.1) is 0 Å². The maximum atomic E-state index is 3.89. The summed E-state index contributed by atoms with van der Waals surface area (Å²) in [7, 11) is 0. The Morgan fingerprint density at radius 1 is 0.867 bits per heavy atom. The maximum Gasteiger partial charge on any atom is 0.00672 e. The molecule has 0 amide bonds. The minimum Gasteiger partial charge on any atom is -0.313 e. The van der Waals surface area contributed by atoms with Gasteiger partial charge in [0.1, 0.15) is 0 Å². The lowest BCUT2D eigenvalue weighted by molar-refractivity contribution is 0.0919. The Labute approximate surface area is 94.0 Å². The van der Waals surface area contributed by atoms with Gasteiger partial charge >= 0.3 is 0 Å². The first-order valence-corrected chi connectivity index (χ1v) is 7.12. The summed E-state index contributed by atoms with van der Waals surface area (Å²) in [6, 6.07) is 0.870. The van der Waals surface area contributed by atoms with E-state index in [1.54, 1.807) is 0 Å². The zero-order chi connectivity index (χ0) is 10.1. The van der Waals surface area contributed by atoms with Crippen LogP contribution in [-0.2, 0) is 0 Å². The van der Waals surface area contributed by atoms with Crippen LogP contribution in [0.25, 0.3) is 0 Å². The fourth-order valence-corrected chi connectivity index (χ4v) is 3.71. The zero-order valence-electron chi connectivity index (χ0n) is 9.93. The molecule has 0 aromatic carbocycles. The second-order valence-electron chi connectivity index (χ2n) is 6.21. The summed E-state index contributed by atoms with van der Waals surface area (Å²) in [5.41, 5.74) is 0.775. The van der Waals surface area contributed by atoms with E-state index in [4.69, 9.17) is 0 Å². The molecule has 0 aliphatic heterocycles. The summed E-state index contributed by atoms with van der Waals surface area (Å²) in [5, 5.41) is 3.89. The van der Waals surface area contributed by atoms with E-state index in [2.05, 4.69) is 5.32 Å². The van der Waals surface area contributed by atoms with Crippen LogP contribution in [-0.4, -0.2) is 12.6 Å². The predicted molar refractivity (Wildman–Crippen MR) is 63.9 cm³/mol. The van der Waals surface area contributed by atoms with E-state index in [1.807, 2.05) is 0 Å². The Morgan fingerprint density at radius 3 is 2.13 bits per heavy atom. The van der Waals surface area contributed by atoms with Crippen LogP contribution in [0.3, 0.4) is 0 Å². The van der Waals surface area contributed by atoms with Gasteiger partial charge in [-0.2, -0.15) is 0 Å². The fourth-order valence-electron chi connectivity index (χ4n) is 3.71. The summed E-state index contributed by atoms with van der Waals surface area (Å²) in [6.07, 6.45) is 14.9. The molecule has 0 aromatic rings. The van der Waals surface area contributed by atoms with Gasteiger partial charge in [0.25, 0.3) is 0 Å². The summed E-state index contributed by atoms with van der Waals surface area (Å²) >= 11 is 0. The lowest BCUT2D eigenvalue weighted by Gasteiger charge is -2.44. The van der Waals surface area contributed by atoms with E-state index in [-0.39, 0.29) is 0 Å². The van der Waals surface area contributed by atoms with Crippen LogP contribution in [0.4, 0.5) is 0 Å². The monoisotopic (exact) mass is 207 g/mol. The standard InChI is InChI=1S/C14H25N/c1-2-5-13(6-3-1)15-11-14(9-4-10-14)12-7-8-12/h12-13,15H,1-11H2. The smallest absolute Gasteiger partial charge is 0.00672 e. The van der Waals surface area contributed by atoms with Gasteiger partial charge in [0.2, 0.25) is 0 Å².